The summed E-state index contributed by atoms with van der Waals surface area (Å²) in [4.78, 5) is 19.0. The Bertz CT molecular complexity index is 353. The summed E-state index contributed by atoms with van der Waals surface area (Å²) in [5.74, 6) is 0.867. The van der Waals surface area contributed by atoms with E-state index in [1.807, 2.05) is 13.8 Å². The molecule has 0 bridgehead atoms. The molecule has 1 aromatic rings. The van der Waals surface area contributed by atoms with Gasteiger partial charge in [0.25, 0.3) is 0 Å². The molecular formula is C10H17N5O. The van der Waals surface area contributed by atoms with Crippen LogP contribution >= 0.6 is 0 Å². The van der Waals surface area contributed by atoms with Crippen molar-refractivity contribution < 1.29 is 4.79 Å². The Kier molecular flexibility index (Phi) is 4.50. The van der Waals surface area contributed by atoms with Crippen LogP contribution in [0.25, 0.3) is 0 Å². The summed E-state index contributed by atoms with van der Waals surface area (Å²) >= 11 is 0. The van der Waals surface area contributed by atoms with E-state index >= 15 is 0 Å². The highest BCUT2D eigenvalue weighted by atomic mass is 16.1. The van der Waals surface area contributed by atoms with Gasteiger partial charge < -0.3 is 16.4 Å². The first-order valence-corrected chi connectivity index (χ1v) is 5.19. The number of hydrogen-bond donors (Lipinski definition) is 3. The molecule has 0 saturated carbocycles. The summed E-state index contributed by atoms with van der Waals surface area (Å²) in [6.07, 6.45) is 1.97. The van der Waals surface area contributed by atoms with E-state index in [1.54, 1.807) is 12.3 Å². The summed E-state index contributed by atoms with van der Waals surface area (Å²) < 4.78 is 0. The van der Waals surface area contributed by atoms with E-state index in [0.717, 1.165) is 0 Å². The molecule has 6 nitrogen and oxygen atoms in total. The molecule has 6 heteroatoms. The molecule has 0 aliphatic carbocycles. The summed E-state index contributed by atoms with van der Waals surface area (Å²) in [6.45, 7) is 4.38. The van der Waals surface area contributed by atoms with Crippen molar-refractivity contribution in [3.63, 3.8) is 0 Å². The molecule has 0 fully saturated rings. The van der Waals surface area contributed by atoms with Gasteiger partial charge in [-0.05, 0) is 19.9 Å². The van der Waals surface area contributed by atoms with Gasteiger partial charge in [0.15, 0.2) is 0 Å². The molecule has 0 aromatic carbocycles. The number of carbonyl (C=O) groups excluding carboxylic acids is 1. The molecule has 0 radical (unpaired) electrons. The van der Waals surface area contributed by atoms with Crippen LogP contribution in [0.5, 0.6) is 0 Å². The monoisotopic (exact) mass is 223 g/mol. The highest BCUT2D eigenvalue weighted by molar-refractivity contribution is 5.76. The standard InChI is InChI=1S/C10H17N5O/c1-7(2)14-9(16)4-6-12-8-3-5-13-10(11)15-8/h3,5,7H,4,6H2,1-2H3,(H,14,16)(H3,11,12,13,15). The van der Waals surface area contributed by atoms with Crippen LogP contribution in [-0.4, -0.2) is 28.5 Å². The lowest BCUT2D eigenvalue weighted by atomic mass is 10.3. The van der Waals surface area contributed by atoms with Crippen molar-refractivity contribution in [2.75, 3.05) is 17.6 Å². The van der Waals surface area contributed by atoms with Crippen LogP contribution in [0, 0.1) is 0 Å². The zero-order valence-electron chi connectivity index (χ0n) is 9.53. The highest BCUT2D eigenvalue weighted by Gasteiger charge is 2.02. The quantitative estimate of drug-likeness (QED) is 0.671. The maximum Gasteiger partial charge on any atom is 0.221 e. The SMILES string of the molecule is CC(C)NC(=O)CCNc1ccnc(N)n1. The lowest BCUT2D eigenvalue weighted by Crippen LogP contribution is -2.31. The third-order valence-electron chi connectivity index (χ3n) is 1.78. The largest absolute Gasteiger partial charge is 0.369 e. The van der Waals surface area contributed by atoms with E-state index in [1.165, 1.54) is 0 Å². The fraction of sp³-hybridized carbons (Fsp3) is 0.500. The van der Waals surface area contributed by atoms with Gasteiger partial charge in [-0.25, -0.2) is 4.98 Å². The number of rotatable bonds is 5. The van der Waals surface area contributed by atoms with Crippen molar-refractivity contribution in [3.8, 4) is 0 Å². The van der Waals surface area contributed by atoms with Gasteiger partial charge in [0.1, 0.15) is 5.82 Å². The van der Waals surface area contributed by atoms with E-state index in [0.29, 0.717) is 18.8 Å². The molecule has 0 atom stereocenters. The Balaban J connectivity index is 2.28. The Morgan fingerprint density at radius 2 is 2.31 bits per heavy atom. The van der Waals surface area contributed by atoms with Crippen molar-refractivity contribution in [2.45, 2.75) is 26.3 Å². The second kappa shape index (κ2) is 5.89. The van der Waals surface area contributed by atoms with E-state index in [4.69, 9.17) is 5.73 Å². The Hall–Kier alpha value is -1.85. The Morgan fingerprint density at radius 3 is 2.94 bits per heavy atom. The number of carbonyl (C=O) groups is 1. The van der Waals surface area contributed by atoms with Crippen LogP contribution in [0.4, 0.5) is 11.8 Å². The summed E-state index contributed by atoms with van der Waals surface area (Å²) in [5, 5.41) is 5.80. The van der Waals surface area contributed by atoms with Crippen molar-refractivity contribution in [1.29, 1.82) is 0 Å². The van der Waals surface area contributed by atoms with Crippen molar-refractivity contribution in [1.82, 2.24) is 15.3 Å². The Labute approximate surface area is 94.7 Å². The van der Waals surface area contributed by atoms with E-state index in [2.05, 4.69) is 20.6 Å². The number of anilines is 2. The van der Waals surface area contributed by atoms with Crippen molar-refractivity contribution in [2.24, 2.45) is 0 Å². The smallest absolute Gasteiger partial charge is 0.221 e. The molecule has 4 N–H and O–H groups in total. The van der Waals surface area contributed by atoms with Gasteiger partial charge in [0.05, 0.1) is 0 Å². The molecule has 1 amide bonds. The molecular weight excluding hydrogens is 206 g/mol. The fourth-order valence-electron chi connectivity index (χ4n) is 1.17. The zero-order valence-corrected chi connectivity index (χ0v) is 9.53. The van der Waals surface area contributed by atoms with Gasteiger partial charge >= 0.3 is 0 Å². The average molecular weight is 223 g/mol. The minimum Gasteiger partial charge on any atom is -0.369 e. The van der Waals surface area contributed by atoms with Gasteiger partial charge in [-0.3, -0.25) is 4.79 Å². The van der Waals surface area contributed by atoms with Crippen molar-refractivity contribution >= 4 is 17.7 Å². The van der Waals surface area contributed by atoms with E-state index in [-0.39, 0.29) is 17.9 Å². The lowest BCUT2D eigenvalue weighted by Gasteiger charge is -2.09. The molecule has 1 aromatic heterocycles. The van der Waals surface area contributed by atoms with Gasteiger partial charge in [-0.2, -0.15) is 4.98 Å². The number of amides is 1. The van der Waals surface area contributed by atoms with Gasteiger partial charge in [-0.1, -0.05) is 0 Å². The van der Waals surface area contributed by atoms with Crippen LogP contribution in [0.15, 0.2) is 12.3 Å². The van der Waals surface area contributed by atoms with Gasteiger partial charge in [-0.15, -0.1) is 0 Å². The number of nitrogens with one attached hydrogen (secondary N) is 2. The molecule has 16 heavy (non-hydrogen) atoms. The number of nitrogen functional groups attached to an aromatic ring is 1. The third-order valence-corrected chi connectivity index (χ3v) is 1.78. The predicted octanol–water partition coefficient (Wildman–Crippen LogP) is 0.385. The topological polar surface area (TPSA) is 92.9 Å². The van der Waals surface area contributed by atoms with Crippen molar-refractivity contribution in [3.05, 3.63) is 12.3 Å². The molecule has 0 unspecified atom stereocenters. The summed E-state index contributed by atoms with van der Waals surface area (Å²) in [5.41, 5.74) is 5.41. The van der Waals surface area contributed by atoms with Crippen LogP contribution < -0.4 is 16.4 Å². The molecule has 1 heterocycles. The minimum absolute atomic E-state index is 0.0181. The van der Waals surface area contributed by atoms with E-state index in [9.17, 15) is 4.79 Å². The number of hydrogen-bond acceptors (Lipinski definition) is 5. The van der Waals surface area contributed by atoms with E-state index < -0.39 is 0 Å². The number of nitrogens with zero attached hydrogens (tertiary/aromatic N) is 2. The molecule has 0 aliphatic rings. The normalized spacial score (nSPS) is 10.2. The second-order valence-electron chi connectivity index (χ2n) is 3.70. The van der Waals surface area contributed by atoms with Gasteiger partial charge in [0, 0.05) is 25.2 Å². The predicted molar refractivity (Wildman–Crippen MR) is 62.8 cm³/mol. The first kappa shape index (κ1) is 12.2. The lowest BCUT2D eigenvalue weighted by molar-refractivity contribution is -0.121. The summed E-state index contributed by atoms with van der Waals surface area (Å²) in [7, 11) is 0. The maximum absolute atomic E-state index is 11.3. The molecule has 88 valence electrons. The van der Waals surface area contributed by atoms with Gasteiger partial charge in [0.2, 0.25) is 11.9 Å². The van der Waals surface area contributed by atoms with Crippen LogP contribution in [-0.2, 0) is 4.79 Å². The highest BCUT2D eigenvalue weighted by Crippen LogP contribution is 2.02. The molecule has 0 aliphatic heterocycles. The molecule has 1 rings (SSSR count). The van der Waals surface area contributed by atoms with Crippen LogP contribution in [0.2, 0.25) is 0 Å². The fourth-order valence-corrected chi connectivity index (χ4v) is 1.17. The zero-order chi connectivity index (χ0) is 12.0. The average Bonchev–Trinajstić information content (AvgIpc) is 2.16. The minimum atomic E-state index is 0.0181. The first-order chi connectivity index (χ1) is 7.58. The number of nitrogens with two attached hydrogens (primary N) is 1. The third kappa shape index (κ3) is 4.59. The summed E-state index contributed by atoms with van der Waals surface area (Å²) in [6, 6.07) is 1.87. The molecule has 0 saturated heterocycles. The van der Waals surface area contributed by atoms with Crippen LogP contribution in [0.3, 0.4) is 0 Å². The Morgan fingerprint density at radius 1 is 1.56 bits per heavy atom. The number of aromatic nitrogens is 2. The maximum atomic E-state index is 11.3. The molecule has 0 spiro atoms. The second-order valence-corrected chi connectivity index (χ2v) is 3.70. The first-order valence-electron chi connectivity index (χ1n) is 5.19. The van der Waals surface area contributed by atoms with Crippen LogP contribution in [0.1, 0.15) is 20.3 Å².